The van der Waals surface area contributed by atoms with Crippen molar-refractivity contribution in [1.82, 2.24) is 0 Å². The van der Waals surface area contributed by atoms with Crippen molar-refractivity contribution in [3.63, 3.8) is 0 Å². The molecule has 0 spiro atoms. The van der Waals surface area contributed by atoms with Crippen LogP contribution in [0, 0.1) is 6.92 Å². The van der Waals surface area contributed by atoms with Crippen molar-refractivity contribution in [2.45, 2.75) is 39.4 Å². The fourth-order valence-corrected chi connectivity index (χ4v) is 1.89. The molecule has 0 aliphatic heterocycles. The van der Waals surface area contributed by atoms with Crippen LogP contribution in [0.2, 0.25) is 0 Å². The van der Waals surface area contributed by atoms with Crippen LogP contribution >= 0.6 is 0 Å². The van der Waals surface area contributed by atoms with Gasteiger partial charge in [-0.2, -0.15) is 27.6 Å². The molecule has 2 aromatic carbocycles. The van der Waals surface area contributed by atoms with Gasteiger partial charge in [-0.1, -0.05) is 43.2 Å². The average Bonchev–Trinajstić information content (AvgIpc) is 2.70. The Bertz CT molecular complexity index is 1020. The van der Waals surface area contributed by atoms with E-state index in [1.54, 1.807) is 31.2 Å². The molecule has 0 fully saturated rings. The molecular weight excluding hydrogens is 546 g/mol. The number of aryl methyl sites for hydroxylation is 2. The Morgan fingerprint density at radius 3 is 1.24 bits per heavy atom. The van der Waals surface area contributed by atoms with Crippen LogP contribution in [0.25, 0.3) is 0 Å². The molecule has 37 heavy (non-hydrogen) atoms. The quantitative estimate of drug-likeness (QED) is 0.395. The number of benzene rings is 2. The van der Waals surface area contributed by atoms with Gasteiger partial charge in [0.05, 0.1) is 0 Å². The van der Waals surface area contributed by atoms with E-state index in [4.69, 9.17) is 36.7 Å². The summed E-state index contributed by atoms with van der Waals surface area (Å²) >= 11 is 0. The number of halogens is 6. The zero-order chi connectivity index (χ0) is 29.7. The van der Waals surface area contributed by atoms with Gasteiger partial charge < -0.3 is 9.47 Å². The Morgan fingerprint density at radius 2 is 1.00 bits per heavy atom. The number of alkyl halides is 6. The van der Waals surface area contributed by atoms with Gasteiger partial charge in [-0.05, 0) is 43.2 Å². The van der Waals surface area contributed by atoms with Crippen molar-refractivity contribution in [3.05, 3.63) is 59.7 Å². The van der Waals surface area contributed by atoms with Crippen LogP contribution in [-0.2, 0) is 36.0 Å². The molecular formula is C20H20F6O10S. The van der Waals surface area contributed by atoms with Crippen LogP contribution < -0.4 is 9.47 Å². The SMILES string of the molecule is CCCc1ccc(OC(F)(F)F)cc1.Cc1ccc(OC(F)(F)F)cc1.O=C=O.O=C=O.O=S(=O)(O)O. The third-order valence-electron chi connectivity index (χ3n) is 2.95. The molecule has 0 amide bonds. The maximum Gasteiger partial charge on any atom is 0.573 e. The van der Waals surface area contributed by atoms with Gasteiger partial charge in [0, 0.05) is 0 Å². The maximum atomic E-state index is 11.8. The monoisotopic (exact) mass is 566 g/mol. The first-order valence-corrected chi connectivity index (χ1v) is 10.6. The molecule has 2 aromatic rings. The first kappa shape index (κ1) is 37.8. The van der Waals surface area contributed by atoms with Crippen molar-refractivity contribution in [3.8, 4) is 11.5 Å². The van der Waals surface area contributed by atoms with Crippen LogP contribution in [0.4, 0.5) is 26.3 Å². The first-order valence-electron chi connectivity index (χ1n) is 9.17. The standard InChI is InChI=1S/C10H11F3O.C8H7F3O.2CO2.H2O4S/c1-2-3-8-4-6-9(7-5-8)14-10(11,12)13;1-6-2-4-7(5-3-6)12-8(9,10)11;2*2-1-3;1-5(2,3)4/h4-7H,2-3H2,1H3;2-5H,1H3;;;(H2,1,2,3,4). The van der Waals surface area contributed by atoms with Gasteiger partial charge in [0.25, 0.3) is 0 Å². The lowest BCUT2D eigenvalue weighted by atomic mass is 10.1. The Balaban J connectivity index is -0.000000453. The van der Waals surface area contributed by atoms with Crippen LogP contribution in [0.15, 0.2) is 48.5 Å². The molecule has 0 aliphatic rings. The summed E-state index contributed by atoms with van der Waals surface area (Å²) in [5.74, 6) is -0.356. The Morgan fingerprint density at radius 1 is 0.730 bits per heavy atom. The zero-order valence-corrected chi connectivity index (χ0v) is 19.7. The number of rotatable bonds is 4. The fraction of sp³-hybridized carbons (Fsp3) is 0.300. The van der Waals surface area contributed by atoms with E-state index < -0.39 is 23.1 Å². The first-order chi connectivity index (χ1) is 16.8. The molecule has 0 saturated carbocycles. The topological polar surface area (TPSA) is 161 Å². The van der Waals surface area contributed by atoms with Crippen LogP contribution in [-0.4, -0.2) is 42.6 Å². The summed E-state index contributed by atoms with van der Waals surface area (Å²) in [6.07, 6.45) is -6.87. The van der Waals surface area contributed by atoms with E-state index in [1.165, 1.54) is 24.3 Å². The van der Waals surface area contributed by atoms with Crippen molar-refractivity contribution in [2.24, 2.45) is 0 Å². The van der Waals surface area contributed by atoms with Crippen molar-refractivity contribution < 1.29 is 72.5 Å². The van der Waals surface area contributed by atoms with Gasteiger partial charge in [-0.25, -0.2) is 0 Å². The second-order valence-electron chi connectivity index (χ2n) is 5.92. The van der Waals surface area contributed by atoms with Crippen molar-refractivity contribution in [2.75, 3.05) is 0 Å². The van der Waals surface area contributed by atoms with Crippen molar-refractivity contribution in [1.29, 1.82) is 0 Å². The number of hydrogen-bond donors (Lipinski definition) is 2. The maximum absolute atomic E-state index is 11.8. The van der Waals surface area contributed by atoms with E-state index in [0.29, 0.717) is 0 Å². The summed E-state index contributed by atoms with van der Waals surface area (Å²) in [6, 6.07) is 11.6. The molecule has 0 bridgehead atoms. The van der Waals surface area contributed by atoms with E-state index in [2.05, 4.69) is 9.47 Å². The molecule has 2 rings (SSSR count). The molecule has 0 aromatic heterocycles. The molecule has 0 atom stereocenters. The molecule has 0 unspecified atom stereocenters. The summed E-state index contributed by atoms with van der Waals surface area (Å²) in [4.78, 5) is 32.5. The number of carbonyl (C=O) groups excluding carboxylic acids is 4. The van der Waals surface area contributed by atoms with Crippen LogP contribution in [0.5, 0.6) is 11.5 Å². The highest BCUT2D eigenvalue weighted by Gasteiger charge is 2.31. The second-order valence-corrected chi connectivity index (χ2v) is 6.81. The third-order valence-corrected chi connectivity index (χ3v) is 2.95. The van der Waals surface area contributed by atoms with Crippen LogP contribution in [0.1, 0.15) is 24.5 Å². The average molecular weight is 566 g/mol. The lowest BCUT2D eigenvalue weighted by molar-refractivity contribution is -0.275. The van der Waals surface area contributed by atoms with E-state index in [9.17, 15) is 26.3 Å². The highest BCUT2D eigenvalue weighted by atomic mass is 32.3. The Labute approximate surface area is 206 Å². The summed E-state index contributed by atoms with van der Waals surface area (Å²) in [5, 5.41) is 0. The molecule has 0 saturated heterocycles. The summed E-state index contributed by atoms with van der Waals surface area (Å²) in [6.45, 7) is 3.80. The Kier molecular flexibility index (Phi) is 19.9. The minimum atomic E-state index is -4.67. The molecule has 0 heterocycles. The summed E-state index contributed by atoms with van der Waals surface area (Å²) in [5.41, 5.74) is 1.91. The normalized spacial score (nSPS) is 10.0. The van der Waals surface area contributed by atoms with Gasteiger partial charge in [0.1, 0.15) is 11.5 Å². The van der Waals surface area contributed by atoms with Gasteiger partial charge in [0.15, 0.2) is 0 Å². The Hall–Kier alpha value is -3.75. The molecule has 17 heteroatoms. The highest BCUT2D eigenvalue weighted by Crippen LogP contribution is 2.23. The lowest BCUT2D eigenvalue weighted by Gasteiger charge is -2.08. The third kappa shape index (κ3) is 34.5. The summed E-state index contributed by atoms with van der Waals surface area (Å²) < 4.78 is 109. The number of hydrogen-bond acceptors (Lipinski definition) is 8. The smallest absolute Gasteiger partial charge is 0.406 e. The molecule has 2 N–H and O–H groups in total. The van der Waals surface area contributed by atoms with E-state index in [0.717, 1.165) is 24.0 Å². The fourth-order valence-electron chi connectivity index (χ4n) is 1.89. The van der Waals surface area contributed by atoms with Gasteiger partial charge in [-0.3, -0.25) is 9.11 Å². The van der Waals surface area contributed by atoms with E-state index in [-0.39, 0.29) is 23.8 Å². The lowest BCUT2D eigenvalue weighted by Crippen LogP contribution is -2.17. The minimum Gasteiger partial charge on any atom is -0.406 e. The molecule has 0 aliphatic carbocycles. The predicted molar refractivity (Wildman–Crippen MR) is 109 cm³/mol. The van der Waals surface area contributed by atoms with Crippen LogP contribution in [0.3, 0.4) is 0 Å². The largest absolute Gasteiger partial charge is 0.573 e. The van der Waals surface area contributed by atoms with E-state index >= 15 is 0 Å². The van der Waals surface area contributed by atoms with Gasteiger partial charge in [-0.15, -0.1) is 26.3 Å². The molecule has 10 nitrogen and oxygen atoms in total. The second kappa shape index (κ2) is 19.4. The van der Waals surface area contributed by atoms with Gasteiger partial charge >= 0.3 is 35.4 Å². The number of ether oxygens (including phenoxy) is 2. The summed E-state index contributed by atoms with van der Waals surface area (Å²) in [7, 11) is -4.67. The zero-order valence-electron chi connectivity index (χ0n) is 18.9. The predicted octanol–water partition coefficient (Wildman–Crippen LogP) is 4.61. The molecule has 208 valence electrons. The highest BCUT2D eigenvalue weighted by molar-refractivity contribution is 7.79. The minimum absolute atomic E-state index is 0.169. The van der Waals surface area contributed by atoms with E-state index in [1.807, 2.05) is 6.92 Å². The van der Waals surface area contributed by atoms with Crippen molar-refractivity contribution >= 4 is 22.7 Å². The van der Waals surface area contributed by atoms with Gasteiger partial charge in [0.2, 0.25) is 0 Å². The molecule has 0 radical (unpaired) electrons.